The number of imidazole rings is 1. The van der Waals surface area contributed by atoms with Crippen molar-refractivity contribution in [3.05, 3.63) is 58.3 Å². The average Bonchev–Trinajstić information content (AvgIpc) is 2.75. The lowest BCUT2D eigenvalue weighted by atomic mass is 10.0. The van der Waals surface area contributed by atoms with E-state index in [1.165, 1.54) is 36.1 Å². The van der Waals surface area contributed by atoms with Gasteiger partial charge in [0.05, 0.1) is 18.0 Å². The van der Waals surface area contributed by atoms with E-state index >= 15 is 0 Å². The molecule has 0 spiro atoms. The van der Waals surface area contributed by atoms with E-state index in [-0.39, 0.29) is 5.56 Å². The van der Waals surface area contributed by atoms with E-state index < -0.39 is 35.9 Å². The van der Waals surface area contributed by atoms with Crippen LogP contribution in [0.25, 0.3) is 0 Å². The maximum Gasteiger partial charge on any atom is 0.416 e. The van der Waals surface area contributed by atoms with Gasteiger partial charge < -0.3 is 9.67 Å². The fourth-order valence-electron chi connectivity index (χ4n) is 2.18. The predicted octanol–water partition coefficient (Wildman–Crippen LogP) is 2.27. The van der Waals surface area contributed by atoms with Gasteiger partial charge in [0.15, 0.2) is 0 Å². The van der Waals surface area contributed by atoms with Crippen LogP contribution in [0, 0.1) is 0 Å². The molecule has 2 rings (SSSR count). The molecule has 118 valence electrons. The van der Waals surface area contributed by atoms with Crippen molar-refractivity contribution >= 4 is 5.97 Å². The van der Waals surface area contributed by atoms with Crippen molar-refractivity contribution in [1.82, 2.24) is 9.13 Å². The first-order chi connectivity index (χ1) is 10.2. The molecule has 0 saturated heterocycles. The molecule has 1 aromatic heterocycles. The van der Waals surface area contributed by atoms with Gasteiger partial charge in [-0.15, -0.1) is 0 Å². The summed E-state index contributed by atoms with van der Waals surface area (Å²) >= 11 is 0. The van der Waals surface area contributed by atoms with Crippen molar-refractivity contribution in [1.29, 1.82) is 0 Å². The van der Waals surface area contributed by atoms with Gasteiger partial charge in [-0.1, -0.05) is 12.1 Å². The molecule has 0 amide bonds. The van der Waals surface area contributed by atoms with Crippen LogP contribution in [0.15, 0.2) is 41.5 Å². The van der Waals surface area contributed by atoms with Gasteiger partial charge in [0.25, 0.3) is 0 Å². The molecule has 0 fully saturated rings. The Bertz CT molecular complexity index is 746. The first-order valence-corrected chi connectivity index (χ1v) is 6.32. The van der Waals surface area contributed by atoms with Gasteiger partial charge in [-0.25, -0.2) is 4.79 Å². The normalized spacial score (nSPS) is 13.1. The molecule has 2 aromatic rings. The highest BCUT2D eigenvalue weighted by molar-refractivity contribution is 5.68. The molecule has 0 aliphatic carbocycles. The van der Waals surface area contributed by atoms with E-state index in [1.54, 1.807) is 0 Å². The van der Waals surface area contributed by atoms with Crippen LogP contribution in [-0.2, 0) is 18.0 Å². The number of carbonyl (C=O) groups is 1. The quantitative estimate of drug-likeness (QED) is 0.941. The molecule has 1 aromatic carbocycles. The fraction of sp³-hybridized carbons (Fsp3) is 0.286. The lowest BCUT2D eigenvalue weighted by Crippen LogP contribution is -2.28. The molecule has 1 atom stereocenters. The highest BCUT2D eigenvalue weighted by Gasteiger charge is 2.31. The second kappa shape index (κ2) is 5.70. The largest absolute Gasteiger partial charge is 0.481 e. The number of nitrogens with zero attached hydrogens (tertiary/aromatic N) is 2. The summed E-state index contributed by atoms with van der Waals surface area (Å²) in [5.41, 5.74) is -1.27. The fourth-order valence-corrected chi connectivity index (χ4v) is 2.18. The summed E-state index contributed by atoms with van der Waals surface area (Å²) in [6, 6.07) is 3.33. The van der Waals surface area contributed by atoms with E-state index in [0.717, 1.165) is 16.7 Å². The molecule has 1 N–H and O–H groups in total. The third-order valence-electron chi connectivity index (χ3n) is 3.28. The Kier molecular flexibility index (Phi) is 4.11. The van der Waals surface area contributed by atoms with Crippen molar-refractivity contribution in [2.45, 2.75) is 18.6 Å². The molecule has 0 bridgehead atoms. The number of carboxylic acids is 1. The SMILES string of the molecule is Cn1ccn(C(CC(=O)O)c2cccc(C(F)(F)F)c2)c1=O. The number of rotatable bonds is 4. The molecule has 1 heterocycles. The number of halogens is 3. The Balaban J connectivity index is 2.53. The van der Waals surface area contributed by atoms with E-state index in [2.05, 4.69) is 0 Å². The van der Waals surface area contributed by atoms with Crippen LogP contribution in [0.1, 0.15) is 23.6 Å². The van der Waals surface area contributed by atoms with Gasteiger partial charge in [0.2, 0.25) is 0 Å². The van der Waals surface area contributed by atoms with Crippen molar-refractivity contribution in [3.63, 3.8) is 0 Å². The Hall–Kier alpha value is -2.51. The zero-order valence-electron chi connectivity index (χ0n) is 11.5. The number of aryl methyl sites for hydroxylation is 1. The highest BCUT2D eigenvalue weighted by atomic mass is 19.4. The van der Waals surface area contributed by atoms with E-state index in [1.807, 2.05) is 0 Å². The van der Waals surface area contributed by atoms with E-state index in [4.69, 9.17) is 5.11 Å². The second-order valence-electron chi connectivity index (χ2n) is 4.84. The van der Waals surface area contributed by atoms with Gasteiger partial charge in [0.1, 0.15) is 0 Å². The minimum absolute atomic E-state index is 0.116. The predicted molar refractivity (Wildman–Crippen MR) is 71.5 cm³/mol. The van der Waals surface area contributed by atoms with Crippen LogP contribution < -0.4 is 5.69 Å². The van der Waals surface area contributed by atoms with Gasteiger partial charge >= 0.3 is 17.8 Å². The van der Waals surface area contributed by atoms with Crippen LogP contribution in [0.4, 0.5) is 13.2 Å². The monoisotopic (exact) mass is 314 g/mol. The molecule has 0 aliphatic rings. The number of alkyl halides is 3. The Labute approximate surface area is 123 Å². The van der Waals surface area contributed by atoms with Crippen LogP contribution in [0.3, 0.4) is 0 Å². The molecular formula is C14H13F3N2O3. The van der Waals surface area contributed by atoms with Gasteiger partial charge in [-0.2, -0.15) is 13.2 Å². The summed E-state index contributed by atoms with van der Waals surface area (Å²) < 4.78 is 40.7. The summed E-state index contributed by atoms with van der Waals surface area (Å²) in [4.78, 5) is 23.0. The maximum absolute atomic E-state index is 12.8. The smallest absolute Gasteiger partial charge is 0.416 e. The molecule has 0 radical (unpaired) electrons. The van der Waals surface area contributed by atoms with Crippen LogP contribution in [0.5, 0.6) is 0 Å². The van der Waals surface area contributed by atoms with Crippen molar-refractivity contribution < 1.29 is 23.1 Å². The average molecular weight is 314 g/mol. The number of carboxylic acid groups (broad SMARTS) is 1. The van der Waals surface area contributed by atoms with Crippen LogP contribution in [0.2, 0.25) is 0 Å². The molecule has 22 heavy (non-hydrogen) atoms. The lowest BCUT2D eigenvalue weighted by Gasteiger charge is -2.18. The Morgan fingerprint density at radius 1 is 1.32 bits per heavy atom. The standard InChI is InChI=1S/C14H13F3N2O3/c1-18-5-6-19(13(18)22)11(8-12(20)21)9-3-2-4-10(7-9)14(15,16)17/h2-7,11H,8H2,1H3,(H,20,21). The minimum Gasteiger partial charge on any atom is -0.481 e. The van der Waals surface area contributed by atoms with Crippen molar-refractivity contribution in [3.8, 4) is 0 Å². The minimum atomic E-state index is -4.54. The number of aliphatic carboxylic acids is 1. The molecule has 5 nitrogen and oxygen atoms in total. The van der Waals surface area contributed by atoms with Gasteiger partial charge in [-0.05, 0) is 17.7 Å². The van der Waals surface area contributed by atoms with E-state index in [0.29, 0.717) is 0 Å². The third kappa shape index (κ3) is 3.21. The summed E-state index contributed by atoms with van der Waals surface area (Å²) in [5.74, 6) is -1.21. The number of benzene rings is 1. The summed E-state index contributed by atoms with van der Waals surface area (Å²) in [7, 11) is 1.47. The number of hydrogen-bond acceptors (Lipinski definition) is 2. The van der Waals surface area contributed by atoms with Gasteiger partial charge in [0, 0.05) is 19.4 Å². The summed E-state index contributed by atoms with van der Waals surface area (Å²) in [6.07, 6.45) is -2.25. The van der Waals surface area contributed by atoms with Crippen molar-refractivity contribution in [2.24, 2.45) is 7.05 Å². The Morgan fingerprint density at radius 3 is 2.50 bits per heavy atom. The zero-order chi connectivity index (χ0) is 16.5. The van der Waals surface area contributed by atoms with Crippen LogP contribution >= 0.6 is 0 Å². The molecule has 0 aliphatic heterocycles. The van der Waals surface area contributed by atoms with Crippen molar-refractivity contribution in [2.75, 3.05) is 0 Å². The van der Waals surface area contributed by atoms with Gasteiger partial charge in [-0.3, -0.25) is 9.36 Å². The van der Waals surface area contributed by atoms with Crippen LogP contribution in [-0.4, -0.2) is 20.2 Å². The highest BCUT2D eigenvalue weighted by Crippen LogP contribution is 2.32. The second-order valence-corrected chi connectivity index (χ2v) is 4.84. The number of hydrogen-bond donors (Lipinski definition) is 1. The summed E-state index contributed by atoms with van der Waals surface area (Å²) in [5, 5.41) is 8.99. The van der Waals surface area contributed by atoms with E-state index in [9.17, 15) is 22.8 Å². The zero-order valence-corrected chi connectivity index (χ0v) is 11.5. The molecule has 8 heteroatoms. The third-order valence-corrected chi connectivity index (χ3v) is 3.28. The number of aromatic nitrogens is 2. The first-order valence-electron chi connectivity index (χ1n) is 6.32. The molecule has 0 saturated carbocycles. The Morgan fingerprint density at radius 2 is 2.00 bits per heavy atom. The summed E-state index contributed by atoms with van der Waals surface area (Å²) in [6.45, 7) is 0. The topological polar surface area (TPSA) is 64.2 Å². The maximum atomic E-state index is 12.8. The lowest BCUT2D eigenvalue weighted by molar-refractivity contribution is -0.138. The molecule has 1 unspecified atom stereocenters. The first kappa shape index (κ1) is 15.9. The molecular weight excluding hydrogens is 301 g/mol.